The number of halogens is 2. The summed E-state index contributed by atoms with van der Waals surface area (Å²) in [4.78, 5) is 12.1. The Labute approximate surface area is 209 Å². The summed E-state index contributed by atoms with van der Waals surface area (Å²) in [5, 5.41) is 8.20. The van der Waals surface area contributed by atoms with Gasteiger partial charge in [-0.05, 0) is 56.5 Å². The molecule has 0 spiro atoms. The van der Waals surface area contributed by atoms with Gasteiger partial charge in [0.05, 0.1) is 17.5 Å². The Kier molecular flexibility index (Phi) is 8.82. The molecule has 11 heteroatoms. The second-order valence-corrected chi connectivity index (χ2v) is 10.3. The molecule has 8 nitrogen and oxygen atoms in total. The van der Waals surface area contributed by atoms with Gasteiger partial charge in [0.15, 0.2) is 0 Å². The van der Waals surface area contributed by atoms with Crippen LogP contribution >= 0.6 is 23.2 Å². The van der Waals surface area contributed by atoms with E-state index in [4.69, 9.17) is 27.9 Å². The van der Waals surface area contributed by atoms with E-state index in [0.29, 0.717) is 35.3 Å². The summed E-state index contributed by atoms with van der Waals surface area (Å²) in [6.45, 7) is 4.53. The van der Waals surface area contributed by atoms with Crippen LogP contribution < -0.4 is 14.8 Å². The normalized spacial score (nSPS) is 11.4. The Balaban J connectivity index is 1.60. The maximum atomic E-state index is 12.2. The highest BCUT2D eigenvalue weighted by molar-refractivity contribution is 7.90. The molecule has 0 unspecified atom stereocenters. The number of ether oxygens (including phenoxy) is 1. The molecule has 1 aromatic heterocycles. The molecule has 0 fully saturated rings. The molecule has 34 heavy (non-hydrogen) atoms. The van der Waals surface area contributed by atoms with Crippen molar-refractivity contribution in [3.8, 4) is 5.88 Å². The maximum Gasteiger partial charge on any atom is 0.328 e. The Morgan fingerprint density at radius 3 is 2.53 bits per heavy atom. The number of urea groups is 1. The molecule has 0 bridgehead atoms. The second-order valence-electron chi connectivity index (χ2n) is 7.81. The van der Waals surface area contributed by atoms with Gasteiger partial charge in [-0.1, -0.05) is 47.5 Å². The molecule has 0 aliphatic heterocycles. The van der Waals surface area contributed by atoms with E-state index in [1.54, 1.807) is 35.0 Å². The van der Waals surface area contributed by atoms with E-state index in [9.17, 15) is 13.2 Å². The molecule has 0 aliphatic carbocycles. The van der Waals surface area contributed by atoms with Crippen LogP contribution in [0.5, 0.6) is 5.88 Å². The van der Waals surface area contributed by atoms with Gasteiger partial charge in [-0.3, -0.25) is 4.68 Å². The minimum atomic E-state index is -3.92. The smallest absolute Gasteiger partial charge is 0.328 e. The number of nitrogens with zero attached hydrogens (tertiary/aromatic N) is 2. The molecule has 2 N–H and O–H groups in total. The van der Waals surface area contributed by atoms with Crippen molar-refractivity contribution in [1.82, 2.24) is 19.8 Å². The molecule has 0 atom stereocenters. The molecule has 182 valence electrons. The molecule has 0 saturated heterocycles. The zero-order chi connectivity index (χ0) is 24.7. The fourth-order valence-electron chi connectivity index (χ4n) is 3.17. The van der Waals surface area contributed by atoms with Crippen LogP contribution in [-0.4, -0.2) is 36.9 Å². The molecule has 3 rings (SSSR count). The van der Waals surface area contributed by atoms with Gasteiger partial charge < -0.3 is 10.1 Å². The van der Waals surface area contributed by atoms with Crippen LogP contribution in [0.15, 0.2) is 59.5 Å². The van der Waals surface area contributed by atoms with E-state index in [2.05, 4.69) is 10.4 Å². The average Bonchev–Trinajstić information content (AvgIpc) is 3.13. The lowest BCUT2D eigenvalue weighted by atomic mass is 10.2. The standard InChI is InChI=1S/C23H26Cl2N4O4S/c1-16(2)33-22-14-19(29(27-22)15-17-10-11-18(24)13-21(17)25)7-6-12-26-23(30)28-34(31,32)20-8-4-3-5-9-20/h3-5,8-11,13-14,16H,6-7,12,15H2,1-2H3,(H2,26,28,30). The van der Waals surface area contributed by atoms with Crippen molar-refractivity contribution < 1.29 is 17.9 Å². The first-order valence-corrected chi connectivity index (χ1v) is 12.9. The first-order valence-electron chi connectivity index (χ1n) is 10.7. The van der Waals surface area contributed by atoms with Crippen molar-refractivity contribution in [2.75, 3.05) is 6.54 Å². The number of aryl methyl sites for hydroxylation is 1. The number of amides is 2. The number of carbonyl (C=O) groups excluding carboxylic acids is 1. The zero-order valence-electron chi connectivity index (χ0n) is 18.8. The third-order valence-electron chi connectivity index (χ3n) is 4.71. The van der Waals surface area contributed by atoms with Crippen LogP contribution in [0.3, 0.4) is 0 Å². The molecule has 1 heterocycles. The van der Waals surface area contributed by atoms with Crippen LogP contribution in [0.2, 0.25) is 10.0 Å². The van der Waals surface area contributed by atoms with Gasteiger partial charge in [0.25, 0.3) is 10.0 Å². The summed E-state index contributed by atoms with van der Waals surface area (Å²) in [7, 11) is -3.92. The van der Waals surface area contributed by atoms with Gasteiger partial charge in [-0.2, -0.15) is 0 Å². The summed E-state index contributed by atoms with van der Waals surface area (Å²) < 4.78 is 34.0. The summed E-state index contributed by atoms with van der Waals surface area (Å²) in [5.41, 5.74) is 1.75. The number of benzene rings is 2. The molecular formula is C23H26Cl2N4O4S. The number of hydrogen-bond acceptors (Lipinski definition) is 5. The van der Waals surface area contributed by atoms with Gasteiger partial charge in [-0.25, -0.2) is 17.9 Å². The van der Waals surface area contributed by atoms with Gasteiger partial charge >= 0.3 is 6.03 Å². The average molecular weight is 525 g/mol. The molecule has 3 aromatic rings. The third kappa shape index (κ3) is 7.38. The predicted molar refractivity (Wildman–Crippen MR) is 132 cm³/mol. The number of nitrogens with one attached hydrogen (secondary N) is 2. The number of rotatable bonds is 10. The summed E-state index contributed by atoms with van der Waals surface area (Å²) >= 11 is 12.3. The van der Waals surface area contributed by atoms with Gasteiger partial charge in [0, 0.05) is 28.4 Å². The first-order chi connectivity index (χ1) is 16.1. The monoisotopic (exact) mass is 524 g/mol. The van der Waals surface area contributed by atoms with E-state index in [1.165, 1.54) is 12.1 Å². The van der Waals surface area contributed by atoms with Crippen LogP contribution in [0.25, 0.3) is 0 Å². The van der Waals surface area contributed by atoms with Crippen molar-refractivity contribution >= 4 is 39.3 Å². The van der Waals surface area contributed by atoms with Crippen molar-refractivity contribution in [1.29, 1.82) is 0 Å². The largest absolute Gasteiger partial charge is 0.474 e. The minimum absolute atomic E-state index is 0.0209. The topological polar surface area (TPSA) is 102 Å². The lowest BCUT2D eigenvalue weighted by Gasteiger charge is -2.10. The lowest BCUT2D eigenvalue weighted by molar-refractivity contribution is 0.230. The number of sulfonamides is 1. The highest BCUT2D eigenvalue weighted by Gasteiger charge is 2.17. The van der Waals surface area contributed by atoms with Crippen molar-refractivity contribution in [2.45, 2.75) is 44.2 Å². The van der Waals surface area contributed by atoms with Crippen LogP contribution in [0, 0.1) is 0 Å². The number of carbonyl (C=O) groups is 1. The van der Waals surface area contributed by atoms with E-state index < -0.39 is 16.1 Å². The molecule has 2 amide bonds. The maximum absolute atomic E-state index is 12.2. The van der Waals surface area contributed by atoms with Gasteiger partial charge in [-0.15, -0.1) is 5.10 Å². The van der Waals surface area contributed by atoms with Crippen molar-refractivity contribution in [3.63, 3.8) is 0 Å². The highest BCUT2D eigenvalue weighted by Crippen LogP contribution is 2.23. The van der Waals surface area contributed by atoms with E-state index in [0.717, 1.165) is 11.3 Å². The number of hydrogen-bond donors (Lipinski definition) is 2. The zero-order valence-corrected chi connectivity index (χ0v) is 21.1. The van der Waals surface area contributed by atoms with Crippen molar-refractivity contribution in [3.05, 3.63) is 75.9 Å². The molecule has 0 saturated carbocycles. The number of aromatic nitrogens is 2. The van der Waals surface area contributed by atoms with Crippen LogP contribution in [-0.2, 0) is 23.0 Å². The fraction of sp³-hybridized carbons (Fsp3) is 0.304. The summed E-state index contributed by atoms with van der Waals surface area (Å²) in [6.07, 6.45) is 1.10. The van der Waals surface area contributed by atoms with E-state index >= 15 is 0 Å². The second kappa shape index (κ2) is 11.6. The third-order valence-corrected chi connectivity index (χ3v) is 6.64. The Morgan fingerprint density at radius 1 is 1.12 bits per heavy atom. The van der Waals surface area contributed by atoms with E-state index in [1.807, 2.05) is 30.7 Å². The summed E-state index contributed by atoms with van der Waals surface area (Å²) in [5.74, 6) is 0.495. The van der Waals surface area contributed by atoms with Crippen LogP contribution in [0.4, 0.5) is 4.79 Å². The molecular weight excluding hydrogens is 499 g/mol. The predicted octanol–water partition coefficient (Wildman–Crippen LogP) is 4.65. The Morgan fingerprint density at radius 2 is 1.85 bits per heavy atom. The highest BCUT2D eigenvalue weighted by atomic mass is 35.5. The Bertz CT molecular complexity index is 1230. The molecule has 0 radical (unpaired) electrons. The van der Waals surface area contributed by atoms with Gasteiger partial charge in [0.1, 0.15) is 0 Å². The summed E-state index contributed by atoms with van der Waals surface area (Å²) in [6, 6.07) is 14.1. The van der Waals surface area contributed by atoms with Gasteiger partial charge in [0.2, 0.25) is 5.88 Å². The van der Waals surface area contributed by atoms with E-state index in [-0.39, 0.29) is 17.5 Å². The SMILES string of the molecule is CC(C)Oc1cc(CCCNC(=O)NS(=O)(=O)c2ccccc2)n(Cc2ccc(Cl)cc2Cl)n1. The Hall–Kier alpha value is -2.75. The quantitative estimate of drug-likeness (QED) is 0.376. The van der Waals surface area contributed by atoms with Crippen LogP contribution in [0.1, 0.15) is 31.5 Å². The van der Waals surface area contributed by atoms with Crippen molar-refractivity contribution in [2.24, 2.45) is 0 Å². The molecule has 0 aliphatic rings. The molecule has 2 aromatic carbocycles. The minimum Gasteiger partial charge on any atom is -0.474 e. The first kappa shape index (κ1) is 25.9. The lowest BCUT2D eigenvalue weighted by Crippen LogP contribution is -2.39. The fourth-order valence-corrected chi connectivity index (χ4v) is 4.58.